The number of piperidine rings is 1. The molecular weight excluding hydrogens is 499 g/mol. The number of hydrogen-bond donors (Lipinski definition) is 2. The van der Waals surface area contributed by atoms with Gasteiger partial charge in [0.15, 0.2) is 11.5 Å². The van der Waals surface area contributed by atoms with Crippen LogP contribution in [0.15, 0.2) is 24.3 Å². The van der Waals surface area contributed by atoms with Crippen molar-refractivity contribution in [3.05, 3.63) is 45.4 Å². The smallest absolute Gasteiger partial charge is 0.227 e. The molecule has 0 saturated carbocycles. The number of nitrogens with one attached hydrogen (secondary N) is 1. The van der Waals surface area contributed by atoms with E-state index in [0.29, 0.717) is 33.8 Å². The summed E-state index contributed by atoms with van der Waals surface area (Å²) < 4.78 is 10.9. The molecule has 1 atom stereocenters. The molecule has 2 aromatic rings. The topological polar surface area (TPSA) is 80.1 Å². The van der Waals surface area contributed by atoms with Gasteiger partial charge in [-0.05, 0) is 80.1 Å². The number of nitrogens with two attached hydrogens (primary N) is 1. The zero-order valence-electron chi connectivity index (χ0n) is 21.1. The third kappa shape index (κ3) is 6.50. The van der Waals surface area contributed by atoms with Gasteiger partial charge in [0, 0.05) is 31.9 Å². The van der Waals surface area contributed by atoms with Crippen LogP contribution in [0.2, 0.25) is 10.0 Å². The van der Waals surface area contributed by atoms with E-state index in [-0.39, 0.29) is 5.91 Å². The van der Waals surface area contributed by atoms with Crippen LogP contribution in [0, 0.1) is 5.92 Å². The molecule has 1 amide bonds. The first kappa shape index (κ1) is 26.7. The summed E-state index contributed by atoms with van der Waals surface area (Å²) in [5, 5.41) is 4.32. The van der Waals surface area contributed by atoms with E-state index in [1.807, 2.05) is 24.3 Å². The minimum absolute atomic E-state index is 0.197. The van der Waals surface area contributed by atoms with Gasteiger partial charge < -0.3 is 30.3 Å². The number of ether oxygens (including phenoxy) is 2. The van der Waals surface area contributed by atoms with Crippen LogP contribution in [0.1, 0.15) is 30.4 Å². The van der Waals surface area contributed by atoms with Gasteiger partial charge in [0.1, 0.15) is 0 Å². The number of anilines is 2. The zero-order valence-corrected chi connectivity index (χ0v) is 22.6. The van der Waals surface area contributed by atoms with Crippen molar-refractivity contribution in [2.24, 2.45) is 5.92 Å². The number of nitrogens with zero attached hydrogens (tertiary/aromatic N) is 2. The number of benzene rings is 2. The van der Waals surface area contributed by atoms with Crippen molar-refractivity contribution < 1.29 is 14.3 Å². The van der Waals surface area contributed by atoms with Crippen molar-refractivity contribution in [3.63, 3.8) is 0 Å². The minimum Gasteiger partial charge on any atom is -0.493 e. The number of methoxy groups -OCH3 is 2. The van der Waals surface area contributed by atoms with Crippen LogP contribution in [0.5, 0.6) is 11.5 Å². The van der Waals surface area contributed by atoms with Crippen LogP contribution in [0.3, 0.4) is 0 Å². The highest BCUT2D eigenvalue weighted by Gasteiger charge is 2.27. The molecule has 4 rings (SSSR count). The van der Waals surface area contributed by atoms with Crippen LogP contribution in [-0.4, -0.2) is 69.2 Å². The molecule has 0 aliphatic carbocycles. The lowest BCUT2D eigenvalue weighted by Gasteiger charge is -2.35. The lowest BCUT2D eigenvalue weighted by Crippen LogP contribution is -2.43. The van der Waals surface area contributed by atoms with Crippen LogP contribution < -0.4 is 20.5 Å². The maximum atomic E-state index is 13.1. The fourth-order valence-corrected chi connectivity index (χ4v) is 5.73. The van der Waals surface area contributed by atoms with E-state index in [4.69, 9.17) is 38.4 Å². The number of halogens is 2. The Bertz CT molecular complexity index is 1060. The average molecular weight is 536 g/mol. The van der Waals surface area contributed by atoms with E-state index < -0.39 is 0 Å². The van der Waals surface area contributed by atoms with Crippen LogP contribution in [0.25, 0.3) is 0 Å². The second kappa shape index (κ2) is 12.3. The Hall–Kier alpha value is -2.35. The summed E-state index contributed by atoms with van der Waals surface area (Å²) in [7, 11) is 3.27. The first-order valence-electron chi connectivity index (χ1n) is 12.6. The summed E-state index contributed by atoms with van der Waals surface area (Å²) in [5.41, 5.74) is 9.32. The highest BCUT2D eigenvalue weighted by Crippen LogP contribution is 2.33. The second-order valence-corrected chi connectivity index (χ2v) is 10.5. The zero-order chi connectivity index (χ0) is 25.7. The van der Waals surface area contributed by atoms with E-state index in [1.54, 1.807) is 14.2 Å². The largest absolute Gasteiger partial charge is 0.493 e. The number of fused-ring (bicyclic) bond motifs is 1. The van der Waals surface area contributed by atoms with Gasteiger partial charge in [-0.1, -0.05) is 23.2 Å². The lowest BCUT2D eigenvalue weighted by molar-refractivity contribution is -0.131. The van der Waals surface area contributed by atoms with E-state index in [2.05, 4.69) is 15.1 Å². The summed E-state index contributed by atoms with van der Waals surface area (Å²) in [5.74, 6) is 2.09. The Morgan fingerprint density at radius 1 is 1.06 bits per heavy atom. The maximum Gasteiger partial charge on any atom is 0.227 e. The molecule has 0 aromatic heterocycles. The summed E-state index contributed by atoms with van der Waals surface area (Å²) in [6, 6.07) is 7.59. The Morgan fingerprint density at radius 2 is 1.75 bits per heavy atom. The number of rotatable bonds is 9. The van der Waals surface area contributed by atoms with Crippen molar-refractivity contribution in [1.29, 1.82) is 0 Å². The van der Waals surface area contributed by atoms with Gasteiger partial charge in [0.05, 0.1) is 36.4 Å². The Kier molecular flexibility index (Phi) is 9.09. The molecule has 3 N–H and O–H groups in total. The van der Waals surface area contributed by atoms with Gasteiger partial charge in [-0.15, -0.1) is 0 Å². The predicted octanol–water partition coefficient (Wildman–Crippen LogP) is 4.73. The molecule has 1 saturated heterocycles. The molecule has 9 heteroatoms. The fourth-order valence-electron chi connectivity index (χ4n) is 5.25. The van der Waals surface area contributed by atoms with Crippen molar-refractivity contribution in [2.45, 2.75) is 32.1 Å². The number of nitrogen functional groups attached to an aromatic ring is 1. The molecule has 36 heavy (non-hydrogen) atoms. The molecule has 7 nitrogen and oxygen atoms in total. The number of likely N-dealkylation sites (tertiary alicyclic amines) is 1. The minimum atomic E-state index is 0.197. The normalized spacial score (nSPS) is 18.5. The Labute approximate surface area is 223 Å². The molecule has 1 fully saturated rings. The molecule has 0 spiro atoms. The summed E-state index contributed by atoms with van der Waals surface area (Å²) >= 11 is 12.3. The molecular formula is C27H36Cl2N4O3. The van der Waals surface area contributed by atoms with Gasteiger partial charge in [0.25, 0.3) is 0 Å². The quantitative estimate of drug-likeness (QED) is 0.357. The predicted molar refractivity (Wildman–Crippen MR) is 147 cm³/mol. The van der Waals surface area contributed by atoms with E-state index in [0.717, 1.165) is 82.0 Å². The molecule has 2 aromatic carbocycles. The highest BCUT2D eigenvalue weighted by molar-refractivity contribution is 6.39. The summed E-state index contributed by atoms with van der Waals surface area (Å²) in [6.45, 7) is 5.53. The van der Waals surface area contributed by atoms with Crippen LogP contribution >= 0.6 is 23.2 Å². The molecule has 2 aliphatic rings. The van der Waals surface area contributed by atoms with Gasteiger partial charge in [-0.3, -0.25) is 4.79 Å². The van der Waals surface area contributed by atoms with Crippen LogP contribution in [-0.2, 0) is 17.6 Å². The molecule has 2 aliphatic heterocycles. The molecule has 0 bridgehead atoms. The highest BCUT2D eigenvalue weighted by atomic mass is 35.5. The number of carbonyl (C=O) groups excluding carboxylic acids is 1. The van der Waals surface area contributed by atoms with Crippen molar-refractivity contribution in [3.8, 4) is 11.5 Å². The maximum absolute atomic E-state index is 13.1. The first-order valence-corrected chi connectivity index (χ1v) is 13.4. The standard InChI is InChI=1S/C27H36Cl2N4O3/c1-35-24-11-19-6-10-33(26(34)13-20(19)12-25(24)36-2)17-18-5-3-8-32(16-18)9-4-7-31-21-14-22(28)27(30)23(29)15-21/h11-12,14-15,18,31H,3-10,13,16-17,30H2,1-2H3. The monoisotopic (exact) mass is 534 g/mol. The van der Waals surface area contributed by atoms with Gasteiger partial charge in [-0.2, -0.15) is 0 Å². The molecule has 1 unspecified atom stereocenters. The second-order valence-electron chi connectivity index (χ2n) is 9.69. The van der Waals surface area contributed by atoms with E-state index in [1.165, 1.54) is 5.56 Å². The third-order valence-corrected chi connectivity index (χ3v) is 7.82. The van der Waals surface area contributed by atoms with E-state index >= 15 is 0 Å². The van der Waals surface area contributed by atoms with Crippen molar-refractivity contribution >= 4 is 40.5 Å². The molecule has 2 heterocycles. The van der Waals surface area contributed by atoms with Crippen molar-refractivity contribution in [2.75, 3.05) is 64.5 Å². The van der Waals surface area contributed by atoms with Crippen LogP contribution in [0.4, 0.5) is 11.4 Å². The number of amides is 1. The molecule has 0 radical (unpaired) electrons. The van der Waals surface area contributed by atoms with E-state index in [9.17, 15) is 4.79 Å². The lowest BCUT2D eigenvalue weighted by atomic mass is 9.97. The van der Waals surface area contributed by atoms with Gasteiger partial charge in [-0.25, -0.2) is 0 Å². The SMILES string of the molecule is COc1cc2c(cc1OC)CC(=O)N(CC1CCCN(CCCNc3cc(Cl)c(N)c(Cl)c3)C1)CC2. The summed E-state index contributed by atoms with van der Waals surface area (Å²) in [4.78, 5) is 17.7. The Morgan fingerprint density at radius 3 is 2.44 bits per heavy atom. The first-order chi connectivity index (χ1) is 17.4. The number of hydrogen-bond acceptors (Lipinski definition) is 6. The fraction of sp³-hybridized carbons (Fsp3) is 0.519. The van der Waals surface area contributed by atoms with Crippen molar-refractivity contribution in [1.82, 2.24) is 9.80 Å². The summed E-state index contributed by atoms with van der Waals surface area (Å²) in [6.07, 6.45) is 4.58. The molecule has 196 valence electrons. The third-order valence-electron chi connectivity index (χ3n) is 7.19. The van der Waals surface area contributed by atoms with Gasteiger partial charge >= 0.3 is 0 Å². The Balaban J connectivity index is 1.26. The number of carbonyl (C=O) groups is 1. The average Bonchev–Trinajstić information content (AvgIpc) is 3.02. The van der Waals surface area contributed by atoms with Gasteiger partial charge in [0.2, 0.25) is 5.91 Å².